The van der Waals surface area contributed by atoms with Gasteiger partial charge in [0.15, 0.2) is 0 Å². The minimum absolute atomic E-state index is 0.150. The summed E-state index contributed by atoms with van der Waals surface area (Å²) in [6, 6.07) is 9.96. The first kappa shape index (κ1) is 18.1. The molecule has 0 bridgehead atoms. The van der Waals surface area contributed by atoms with Crippen LogP contribution in [0.25, 0.3) is 5.65 Å². The Hall–Kier alpha value is -2.71. The highest BCUT2D eigenvalue weighted by Gasteiger charge is 2.14. The molecule has 0 radical (unpaired) electrons. The molecule has 0 fully saturated rings. The van der Waals surface area contributed by atoms with Gasteiger partial charge in [0.1, 0.15) is 5.65 Å². The fourth-order valence-electron chi connectivity index (χ4n) is 2.64. The number of imidazole rings is 1. The van der Waals surface area contributed by atoms with Crippen molar-refractivity contribution in [2.24, 2.45) is 0 Å². The van der Waals surface area contributed by atoms with Crippen molar-refractivity contribution in [3.63, 3.8) is 0 Å². The van der Waals surface area contributed by atoms with E-state index >= 15 is 0 Å². The van der Waals surface area contributed by atoms with Crippen LogP contribution in [0.5, 0.6) is 0 Å². The zero-order valence-electron chi connectivity index (χ0n) is 14.6. The maximum absolute atomic E-state index is 12.4. The Morgan fingerprint density at radius 2 is 1.92 bits per heavy atom. The van der Waals surface area contributed by atoms with E-state index in [1.54, 1.807) is 12.1 Å². The van der Waals surface area contributed by atoms with Crippen LogP contribution < -0.4 is 10.0 Å². The fraction of sp³-hybridized carbons (Fsp3) is 0.222. The first-order chi connectivity index (χ1) is 12.3. The topological polar surface area (TPSA) is 92.6 Å². The number of amides is 1. The molecular formula is C18H20N4O3S. The number of pyridine rings is 1. The Morgan fingerprint density at radius 1 is 1.19 bits per heavy atom. The minimum Gasteiger partial charge on any atom is -0.326 e. The number of nitrogens with one attached hydrogen (secondary N) is 2. The maximum atomic E-state index is 12.4. The lowest BCUT2D eigenvalue weighted by atomic mass is 10.3. The van der Waals surface area contributed by atoms with Crippen molar-refractivity contribution in [2.75, 3.05) is 11.9 Å². The summed E-state index contributed by atoms with van der Waals surface area (Å²) in [5, 5.41) is 2.60. The average molecular weight is 372 g/mol. The predicted molar refractivity (Wildman–Crippen MR) is 99.6 cm³/mol. The van der Waals surface area contributed by atoms with E-state index in [2.05, 4.69) is 15.0 Å². The van der Waals surface area contributed by atoms with Crippen molar-refractivity contribution >= 4 is 27.3 Å². The quantitative estimate of drug-likeness (QED) is 0.693. The summed E-state index contributed by atoms with van der Waals surface area (Å²) in [4.78, 5) is 15.7. The molecule has 26 heavy (non-hydrogen) atoms. The molecule has 2 aromatic heterocycles. The number of aryl methyl sites for hydroxylation is 1. The van der Waals surface area contributed by atoms with Crippen LogP contribution in [-0.4, -0.2) is 30.3 Å². The summed E-state index contributed by atoms with van der Waals surface area (Å²) < 4.78 is 29.2. The van der Waals surface area contributed by atoms with Crippen LogP contribution in [0.2, 0.25) is 0 Å². The third kappa shape index (κ3) is 4.09. The number of carbonyl (C=O) groups excluding carboxylic acids is 1. The van der Waals surface area contributed by atoms with Gasteiger partial charge in [-0.25, -0.2) is 18.1 Å². The Bertz CT molecular complexity index is 1040. The third-order valence-corrected chi connectivity index (χ3v) is 5.36. The van der Waals surface area contributed by atoms with Crippen molar-refractivity contribution in [3.05, 3.63) is 60.0 Å². The van der Waals surface area contributed by atoms with Gasteiger partial charge in [0.05, 0.1) is 10.6 Å². The first-order valence-electron chi connectivity index (χ1n) is 8.16. The van der Waals surface area contributed by atoms with Crippen LogP contribution in [0.1, 0.15) is 18.2 Å². The van der Waals surface area contributed by atoms with Gasteiger partial charge in [0.2, 0.25) is 15.9 Å². The number of anilines is 1. The molecule has 2 heterocycles. The van der Waals surface area contributed by atoms with E-state index in [1.165, 1.54) is 19.1 Å². The number of rotatable bonds is 6. The number of aromatic nitrogens is 2. The van der Waals surface area contributed by atoms with Gasteiger partial charge in [-0.15, -0.1) is 0 Å². The largest absolute Gasteiger partial charge is 0.326 e. The summed E-state index contributed by atoms with van der Waals surface area (Å²) in [6.07, 6.45) is 4.31. The minimum atomic E-state index is -3.61. The lowest BCUT2D eigenvalue weighted by molar-refractivity contribution is -0.114. The summed E-state index contributed by atoms with van der Waals surface area (Å²) in [5.41, 5.74) is 3.32. The molecule has 0 unspecified atom stereocenters. The average Bonchev–Trinajstić information content (AvgIpc) is 2.99. The van der Waals surface area contributed by atoms with Crippen molar-refractivity contribution in [1.29, 1.82) is 0 Å². The van der Waals surface area contributed by atoms with E-state index in [-0.39, 0.29) is 17.3 Å². The van der Waals surface area contributed by atoms with Crippen molar-refractivity contribution in [3.8, 4) is 0 Å². The smallest absolute Gasteiger partial charge is 0.240 e. The highest BCUT2D eigenvalue weighted by atomic mass is 32.2. The maximum Gasteiger partial charge on any atom is 0.240 e. The molecule has 3 aromatic rings. The van der Waals surface area contributed by atoms with Crippen LogP contribution in [0.4, 0.5) is 5.69 Å². The number of sulfonamides is 1. The molecule has 0 aliphatic rings. The second-order valence-electron chi connectivity index (χ2n) is 6.01. The molecule has 0 aliphatic heterocycles. The second-order valence-corrected chi connectivity index (χ2v) is 7.77. The van der Waals surface area contributed by atoms with Gasteiger partial charge >= 0.3 is 0 Å². The van der Waals surface area contributed by atoms with Crippen LogP contribution in [0.3, 0.4) is 0 Å². The SMILES string of the molecule is CC(=O)Nc1ccc(S(=O)(=O)NCCc2cn3cccc(C)c3n2)cc1. The molecule has 0 aliphatic carbocycles. The number of nitrogens with zero attached hydrogens (tertiary/aromatic N) is 2. The van der Waals surface area contributed by atoms with Gasteiger partial charge in [0.25, 0.3) is 0 Å². The molecule has 136 valence electrons. The Morgan fingerprint density at radius 3 is 2.58 bits per heavy atom. The van der Waals surface area contributed by atoms with E-state index in [0.29, 0.717) is 12.1 Å². The van der Waals surface area contributed by atoms with Crippen LogP contribution in [0.15, 0.2) is 53.7 Å². The molecule has 2 N–H and O–H groups in total. The molecule has 8 heteroatoms. The molecular weight excluding hydrogens is 352 g/mol. The van der Waals surface area contributed by atoms with Gasteiger partial charge in [-0.1, -0.05) is 6.07 Å². The number of carbonyl (C=O) groups is 1. The van der Waals surface area contributed by atoms with Crippen LogP contribution in [0, 0.1) is 6.92 Å². The molecule has 0 saturated carbocycles. The van der Waals surface area contributed by atoms with Crippen molar-refractivity contribution < 1.29 is 13.2 Å². The highest BCUT2D eigenvalue weighted by Crippen LogP contribution is 2.14. The van der Waals surface area contributed by atoms with E-state index in [9.17, 15) is 13.2 Å². The molecule has 1 amide bonds. The van der Waals surface area contributed by atoms with E-state index < -0.39 is 10.0 Å². The molecule has 7 nitrogen and oxygen atoms in total. The summed E-state index contributed by atoms with van der Waals surface area (Å²) >= 11 is 0. The van der Waals surface area contributed by atoms with E-state index in [0.717, 1.165) is 16.9 Å². The summed E-state index contributed by atoms with van der Waals surface area (Å²) in [5.74, 6) is -0.207. The Kier molecular flexibility index (Phi) is 5.06. The number of fused-ring (bicyclic) bond motifs is 1. The summed E-state index contributed by atoms with van der Waals surface area (Å²) in [6.45, 7) is 3.63. The first-order valence-corrected chi connectivity index (χ1v) is 9.64. The highest BCUT2D eigenvalue weighted by molar-refractivity contribution is 7.89. The molecule has 0 spiro atoms. The normalized spacial score (nSPS) is 11.6. The predicted octanol–water partition coefficient (Wildman–Crippen LogP) is 2.12. The lowest BCUT2D eigenvalue weighted by Gasteiger charge is -2.07. The molecule has 0 saturated heterocycles. The molecule has 0 atom stereocenters. The molecule has 1 aromatic carbocycles. The van der Waals surface area contributed by atoms with Crippen LogP contribution >= 0.6 is 0 Å². The zero-order valence-corrected chi connectivity index (χ0v) is 15.4. The zero-order chi connectivity index (χ0) is 18.7. The van der Waals surface area contributed by atoms with E-state index in [1.807, 2.05) is 35.9 Å². The number of hydrogen-bond donors (Lipinski definition) is 2. The van der Waals surface area contributed by atoms with Crippen LogP contribution in [-0.2, 0) is 21.2 Å². The van der Waals surface area contributed by atoms with E-state index in [4.69, 9.17) is 0 Å². The van der Waals surface area contributed by atoms with Gasteiger partial charge < -0.3 is 9.72 Å². The monoisotopic (exact) mass is 372 g/mol. The Labute approximate surface area is 152 Å². The number of hydrogen-bond acceptors (Lipinski definition) is 4. The van der Waals surface area contributed by atoms with Gasteiger partial charge in [0, 0.05) is 38.0 Å². The second kappa shape index (κ2) is 7.27. The standard InChI is InChI=1S/C18H20N4O3S/c1-13-4-3-11-22-12-16(21-18(13)22)9-10-19-26(24,25)17-7-5-15(6-8-17)20-14(2)23/h3-8,11-12,19H,9-10H2,1-2H3,(H,20,23). The van der Waals surface area contributed by atoms with Gasteiger partial charge in [-0.3, -0.25) is 4.79 Å². The van der Waals surface area contributed by atoms with Crippen molar-refractivity contribution in [1.82, 2.24) is 14.1 Å². The third-order valence-electron chi connectivity index (χ3n) is 3.89. The van der Waals surface area contributed by atoms with Gasteiger partial charge in [-0.2, -0.15) is 0 Å². The molecule has 3 rings (SSSR count). The lowest BCUT2D eigenvalue weighted by Crippen LogP contribution is -2.26. The van der Waals surface area contributed by atoms with Gasteiger partial charge in [-0.05, 0) is 42.8 Å². The summed E-state index contributed by atoms with van der Waals surface area (Å²) in [7, 11) is -3.61. The van der Waals surface area contributed by atoms with Crippen molar-refractivity contribution in [2.45, 2.75) is 25.2 Å². The Balaban J connectivity index is 1.64. The fourth-order valence-corrected chi connectivity index (χ4v) is 3.67. The number of benzene rings is 1.